The maximum Gasteiger partial charge on any atom is 0.298 e. The number of thioether (sulfide) groups is 1. The SMILES string of the molecule is C=CCc1cc(/C=C2\SC(=O)N(c3ccccc3)C2=O)ccc1OCc1ccc(I)cc1. The highest BCUT2D eigenvalue weighted by atomic mass is 127. The van der Waals surface area contributed by atoms with Gasteiger partial charge in [-0.05, 0) is 99.9 Å². The first-order chi connectivity index (χ1) is 15.5. The van der Waals surface area contributed by atoms with Gasteiger partial charge in [0, 0.05) is 3.57 Å². The molecule has 0 spiro atoms. The van der Waals surface area contributed by atoms with Gasteiger partial charge in [-0.2, -0.15) is 0 Å². The number of halogens is 1. The zero-order valence-electron chi connectivity index (χ0n) is 17.2. The van der Waals surface area contributed by atoms with Crippen LogP contribution in [0.15, 0.2) is 90.4 Å². The van der Waals surface area contributed by atoms with Gasteiger partial charge in [0.05, 0.1) is 10.6 Å². The summed E-state index contributed by atoms with van der Waals surface area (Å²) >= 11 is 3.23. The Kier molecular flexibility index (Phi) is 7.12. The molecule has 1 fully saturated rings. The number of benzene rings is 3. The van der Waals surface area contributed by atoms with Crippen LogP contribution in [0.1, 0.15) is 16.7 Å². The number of hydrogen-bond donors (Lipinski definition) is 0. The van der Waals surface area contributed by atoms with E-state index in [0.717, 1.165) is 34.2 Å². The van der Waals surface area contributed by atoms with Crippen molar-refractivity contribution in [3.05, 3.63) is 111 Å². The molecule has 6 heteroatoms. The summed E-state index contributed by atoms with van der Waals surface area (Å²) in [5, 5.41) is -0.295. The summed E-state index contributed by atoms with van der Waals surface area (Å²) in [5.41, 5.74) is 3.47. The minimum atomic E-state index is -0.310. The predicted molar refractivity (Wildman–Crippen MR) is 139 cm³/mol. The van der Waals surface area contributed by atoms with Gasteiger partial charge in [0.25, 0.3) is 11.1 Å². The highest BCUT2D eigenvalue weighted by Crippen LogP contribution is 2.36. The number of carbonyl (C=O) groups excluding carboxylic acids is 2. The van der Waals surface area contributed by atoms with Crippen molar-refractivity contribution in [3.8, 4) is 5.75 Å². The number of imide groups is 1. The number of anilines is 1. The molecular formula is C26H20INO3S. The molecule has 32 heavy (non-hydrogen) atoms. The van der Waals surface area contributed by atoms with Crippen LogP contribution >= 0.6 is 34.4 Å². The smallest absolute Gasteiger partial charge is 0.298 e. The van der Waals surface area contributed by atoms with Crippen LogP contribution < -0.4 is 9.64 Å². The Morgan fingerprint density at radius 1 is 1.00 bits per heavy atom. The third kappa shape index (κ3) is 5.14. The van der Waals surface area contributed by atoms with Crippen LogP contribution in [0.5, 0.6) is 5.75 Å². The molecule has 4 nitrogen and oxygen atoms in total. The quantitative estimate of drug-likeness (QED) is 0.183. The van der Waals surface area contributed by atoms with Gasteiger partial charge in [-0.15, -0.1) is 6.58 Å². The molecule has 0 bridgehead atoms. The third-order valence-electron chi connectivity index (χ3n) is 4.86. The fourth-order valence-corrected chi connectivity index (χ4v) is 4.51. The molecule has 3 aromatic carbocycles. The Morgan fingerprint density at radius 3 is 2.47 bits per heavy atom. The third-order valence-corrected chi connectivity index (χ3v) is 6.45. The number of amides is 2. The molecule has 1 saturated heterocycles. The Hall–Kier alpha value is -2.84. The number of rotatable bonds is 7. The topological polar surface area (TPSA) is 46.6 Å². The second-order valence-corrected chi connectivity index (χ2v) is 9.37. The van der Waals surface area contributed by atoms with Crippen molar-refractivity contribution in [1.82, 2.24) is 0 Å². The molecule has 0 saturated carbocycles. The molecule has 4 rings (SSSR count). The first-order valence-electron chi connectivity index (χ1n) is 9.99. The Balaban J connectivity index is 1.55. The van der Waals surface area contributed by atoms with Crippen LogP contribution in [0, 0.1) is 3.57 Å². The van der Waals surface area contributed by atoms with Gasteiger partial charge >= 0.3 is 0 Å². The Bertz CT molecular complexity index is 1190. The van der Waals surface area contributed by atoms with Crippen LogP contribution in [0.2, 0.25) is 0 Å². The van der Waals surface area contributed by atoms with E-state index in [2.05, 4.69) is 41.3 Å². The van der Waals surface area contributed by atoms with E-state index in [4.69, 9.17) is 4.74 Å². The lowest BCUT2D eigenvalue weighted by molar-refractivity contribution is -0.113. The van der Waals surface area contributed by atoms with E-state index in [9.17, 15) is 9.59 Å². The van der Waals surface area contributed by atoms with Crippen LogP contribution in [0.25, 0.3) is 6.08 Å². The maximum absolute atomic E-state index is 12.9. The molecular weight excluding hydrogens is 533 g/mol. The number of nitrogens with zero attached hydrogens (tertiary/aromatic N) is 1. The number of hydrogen-bond acceptors (Lipinski definition) is 4. The summed E-state index contributed by atoms with van der Waals surface area (Å²) in [5.74, 6) is 0.466. The average Bonchev–Trinajstić information content (AvgIpc) is 3.08. The van der Waals surface area contributed by atoms with Crippen LogP contribution in [0.4, 0.5) is 10.5 Å². The number of para-hydroxylation sites is 1. The lowest BCUT2D eigenvalue weighted by Crippen LogP contribution is -2.27. The van der Waals surface area contributed by atoms with Crippen molar-refractivity contribution < 1.29 is 14.3 Å². The molecule has 0 aromatic heterocycles. The number of allylic oxidation sites excluding steroid dienone is 1. The van der Waals surface area contributed by atoms with E-state index in [1.54, 1.807) is 30.3 Å². The van der Waals surface area contributed by atoms with Crippen molar-refractivity contribution in [3.63, 3.8) is 0 Å². The van der Waals surface area contributed by atoms with Crippen molar-refractivity contribution in [2.45, 2.75) is 13.0 Å². The lowest BCUT2D eigenvalue weighted by atomic mass is 10.1. The minimum absolute atomic E-state index is 0.295. The summed E-state index contributed by atoms with van der Waals surface area (Å²) in [7, 11) is 0. The summed E-state index contributed by atoms with van der Waals surface area (Å²) < 4.78 is 7.23. The molecule has 0 aliphatic carbocycles. The van der Waals surface area contributed by atoms with Gasteiger partial charge < -0.3 is 4.74 Å². The normalized spacial score (nSPS) is 14.8. The Labute approximate surface area is 205 Å². The monoisotopic (exact) mass is 553 g/mol. The van der Waals surface area contributed by atoms with Gasteiger partial charge in [-0.3, -0.25) is 9.59 Å². The van der Waals surface area contributed by atoms with Gasteiger partial charge in [0.2, 0.25) is 0 Å². The molecule has 1 aliphatic rings. The summed E-state index contributed by atoms with van der Waals surface area (Å²) in [4.78, 5) is 26.9. The molecule has 2 amide bonds. The van der Waals surface area contributed by atoms with Gasteiger partial charge in [0.15, 0.2) is 0 Å². The van der Waals surface area contributed by atoms with E-state index in [1.165, 1.54) is 8.47 Å². The average molecular weight is 553 g/mol. The van der Waals surface area contributed by atoms with Crippen LogP contribution in [0.3, 0.4) is 0 Å². The van der Waals surface area contributed by atoms with Crippen molar-refractivity contribution in [2.24, 2.45) is 0 Å². The van der Waals surface area contributed by atoms with E-state index >= 15 is 0 Å². The van der Waals surface area contributed by atoms with Gasteiger partial charge in [0.1, 0.15) is 12.4 Å². The standard InChI is InChI=1S/C26H20INO3S/c1-2-6-20-15-19(11-14-23(20)31-17-18-9-12-21(27)13-10-18)16-24-25(29)28(26(30)32-24)22-7-4-3-5-8-22/h2-5,7-16H,1,6,17H2/b24-16-. The molecule has 1 aliphatic heterocycles. The number of carbonyl (C=O) groups is 2. The van der Waals surface area contributed by atoms with E-state index < -0.39 is 0 Å². The predicted octanol–water partition coefficient (Wildman–Crippen LogP) is 6.84. The molecule has 3 aromatic rings. The molecule has 0 unspecified atom stereocenters. The van der Waals surface area contributed by atoms with Crippen LogP contribution in [-0.4, -0.2) is 11.1 Å². The second kappa shape index (κ2) is 10.2. The largest absolute Gasteiger partial charge is 0.489 e. The minimum Gasteiger partial charge on any atom is -0.489 e. The Morgan fingerprint density at radius 2 is 1.75 bits per heavy atom. The maximum atomic E-state index is 12.9. The van der Waals surface area contributed by atoms with E-state index in [-0.39, 0.29) is 11.1 Å². The molecule has 0 N–H and O–H groups in total. The first kappa shape index (κ1) is 22.4. The second-order valence-electron chi connectivity index (χ2n) is 7.13. The molecule has 0 atom stereocenters. The molecule has 0 radical (unpaired) electrons. The number of ether oxygens (including phenoxy) is 1. The van der Waals surface area contributed by atoms with Crippen LogP contribution in [-0.2, 0) is 17.8 Å². The molecule has 1 heterocycles. The van der Waals surface area contributed by atoms with Gasteiger partial charge in [-0.1, -0.05) is 42.5 Å². The lowest BCUT2D eigenvalue weighted by Gasteiger charge is -2.12. The van der Waals surface area contributed by atoms with Crippen molar-refractivity contribution >= 4 is 57.3 Å². The summed E-state index contributed by atoms with van der Waals surface area (Å²) in [6.45, 7) is 4.31. The van der Waals surface area contributed by atoms with Crippen molar-refractivity contribution in [2.75, 3.05) is 4.90 Å². The zero-order valence-corrected chi connectivity index (χ0v) is 20.1. The van der Waals surface area contributed by atoms with Crippen molar-refractivity contribution in [1.29, 1.82) is 0 Å². The van der Waals surface area contributed by atoms with Gasteiger partial charge in [-0.25, -0.2) is 4.90 Å². The fraction of sp³-hybridized carbons (Fsp3) is 0.0769. The summed E-state index contributed by atoms with van der Waals surface area (Å²) in [6, 6.07) is 22.9. The van der Waals surface area contributed by atoms with E-state index in [0.29, 0.717) is 23.6 Å². The highest BCUT2D eigenvalue weighted by molar-refractivity contribution is 14.1. The zero-order chi connectivity index (χ0) is 22.5. The fourth-order valence-electron chi connectivity index (χ4n) is 3.31. The highest BCUT2D eigenvalue weighted by Gasteiger charge is 2.36. The molecule has 160 valence electrons. The first-order valence-corrected chi connectivity index (χ1v) is 11.9. The summed E-state index contributed by atoms with van der Waals surface area (Å²) in [6.07, 6.45) is 4.21. The van der Waals surface area contributed by atoms with E-state index in [1.807, 2.05) is 42.5 Å².